The minimum Gasteiger partial charge on any atom is -0.394 e. The van der Waals surface area contributed by atoms with Crippen LogP contribution in [0.5, 0.6) is 0 Å². The van der Waals surface area contributed by atoms with Crippen LogP contribution in [0.4, 0.5) is 5.95 Å². The Labute approximate surface area is 109 Å². The van der Waals surface area contributed by atoms with Crippen molar-refractivity contribution >= 4 is 30.7 Å². The van der Waals surface area contributed by atoms with E-state index in [-0.39, 0.29) is 29.9 Å². The van der Waals surface area contributed by atoms with Gasteiger partial charge in [0.2, 0.25) is 5.95 Å². The number of aliphatic hydroxyl groups excluding tert-OH is 1. The van der Waals surface area contributed by atoms with Crippen LogP contribution in [0.25, 0.3) is 11.2 Å². The normalized spacial score (nSPS) is 23.2. The maximum Gasteiger partial charge on any atom is 0.280 e. The van der Waals surface area contributed by atoms with Crippen LogP contribution >= 0.6 is 0 Å². The van der Waals surface area contributed by atoms with Crippen molar-refractivity contribution in [1.29, 1.82) is 0 Å². The van der Waals surface area contributed by atoms with Crippen LogP contribution in [-0.2, 0) is 4.74 Å². The van der Waals surface area contributed by atoms with Crippen LogP contribution in [0, 0.1) is 0 Å². The highest BCUT2D eigenvalue weighted by Crippen LogP contribution is 2.28. The predicted octanol–water partition coefficient (Wildman–Crippen LogP) is -1.83. The van der Waals surface area contributed by atoms with Crippen LogP contribution < -0.4 is 17.0 Å². The highest BCUT2D eigenvalue weighted by molar-refractivity contribution is 6.30. The second kappa shape index (κ2) is 4.35. The number of aromatic nitrogens is 4. The first-order valence-electron chi connectivity index (χ1n) is 5.89. The highest BCUT2D eigenvalue weighted by atomic mass is 16.5. The van der Waals surface area contributed by atoms with E-state index in [1.165, 1.54) is 4.57 Å². The molecule has 0 aliphatic carbocycles. The Kier molecular flexibility index (Phi) is 2.79. The molecule has 4 N–H and O–H groups in total. The van der Waals surface area contributed by atoms with Gasteiger partial charge in [-0.2, -0.15) is 4.98 Å². The molecule has 98 valence electrons. The van der Waals surface area contributed by atoms with Crippen molar-refractivity contribution in [1.82, 2.24) is 19.5 Å². The van der Waals surface area contributed by atoms with E-state index in [0.29, 0.717) is 18.5 Å². The zero-order valence-corrected chi connectivity index (χ0v) is 10.0. The summed E-state index contributed by atoms with van der Waals surface area (Å²) in [5.74, 6) is -0.00430. The lowest BCUT2D eigenvalue weighted by atomic mass is 10.1. The fourth-order valence-electron chi connectivity index (χ4n) is 2.31. The lowest BCUT2D eigenvalue weighted by Gasteiger charge is -2.16. The number of aromatic amines is 1. The first kappa shape index (κ1) is 12.2. The molecular weight excluding hydrogens is 249 g/mol. The molecule has 2 atom stereocenters. The van der Waals surface area contributed by atoms with Gasteiger partial charge in [0.15, 0.2) is 19.0 Å². The molecule has 0 spiro atoms. The van der Waals surface area contributed by atoms with Crippen LogP contribution in [0.1, 0.15) is 19.1 Å². The van der Waals surface area contributed by atoms with Crippen LogP contribution in [0.2, 0.25) is 0 Å². The number of fused-ring (bicyclic) bond motifs is 1. The molecule has 0 aromatic carbocycles. The topological polar surface area (TPSA) is 119 Å². The largest absolute Gasteiger partial charge is 0.394 e. The molecule has 1 fully saturated rings. The summed E-state index contributed by atoms with van der Waals surface area (Å²) >= 11 is 0. The van der Waals surface area contributed by atoms with Gasteiger partial charge in [0, 0.05) is 0 Å². The Morgan fingerprint density at radius 3 is 3.00 bits per heavy atom. The van der Waals surface area contributed by atoms with Gasteiger partial charge >= 0.3 is 0 Å². The van der Waals surface area contributed by atoms with Gasteiger partial charge in [0.25, 0.3) is 5.56 Å². The molecule has 0 bridgehead atoms. The number of nitrogens with two attached hydrogens (primary N) is 1. The predicted molar refractivity (Wildman–Crippen MR) is 68.2 cm³/mol. The number of hydrogen-bond donors (Lipinski definition) is 3. The molecule has 0 saturated carbocycles. The number of hydrogen-bond acceptors (Lipinski definition) is 6. The van der Waals surface area contributed by atoms with E-state index in [1.807, 2.05) is 0 Å². The van der Waals surface area contributed by atoms with Crippen LogP contribution in [0.3, 0.4) is 0 Å². The number of H-pyrrole nitrogens is 1. The molecule has 1 aliphatic heterocycles. The summed E-state index contributed by atoms with van der Waals surface area (Å²) in [7, 11) is 5.81. The average Bonchev–Trinajstić information content (AvgIpc) is 2.93. The zero-order valence-electron chi connectivity index (χ0n) is 10.0. The molecule has 2 aromatic heterocycles. The van der Waals surface area contributed by atoms with Gasteiger partial charge in [-0.3, -0.25) is 14.3 Å². The molecule has 0 amide bonds. The Hall–Kier alpha value is -1.87. The highest BCUT2D eigenvalue weighted by Gasteiger charge is 2.29. The number of imidazole rings is 1. The number of rotatable bonds is 2. The molecule has 3 heterocycles. The molecule has 9 heteroatoms. The maximum atomic E-state index is 11.7. The van der Waals surface area contributed by atoms with E-state index >= 15 is 0 Å². The third-order valence-corrected chi connectivity index (χ3v) is 3.17. The second-order valence-corrected chi connectivity index (χ2v) is 4.44. The Balaban J connectivity index is 2.13. The number of ether oxygens (including phenoxy) is 1. The third kappa shape index (κ3) is 1.91. The van der Waals surface area contributed by atoms with Crippen molar-refractivity contribution in [3.8, 4) is 0 Å². The molecule has 2 radical (unpaired) electrons. The quantitative estimate of drug-likeness (QED) is 0.547. The minimum absolute atomic E-state index is 0.00430. The van der Waals surface area contributed by atoms with Gasteiger partial charge < -0.3 is 15.6 Å². The minimum atomic E-state index is -0.440. The lowest BCUT2D eigenvalue weighted by molar-refractivity contribution is -0.0193. The van der Waals surface area contributed by atoms with Gasteiger partial charge in [0.05, 0.1) is 18.4 Å². The molecule has 2 aromatic rings. The van der Waals surface area contributed by atoms with Crippen molar-refractivity contribution < 1.29 is 9.84 Å². The summed E-state index contributed by atoms with van der Waals surface area (Å²) in [6.07, 6.45) is 0.742. The Bertz CT molecular complexity index is 682. The van der Waals surface area contributed by atoms with Crippen molar-refractivity contribution in [2.24, 2.45) is 0 Å². The van der Waals surface area contributed by atoms with Gasteiger partial charge in [-0.05, 0) is 12.8 Å². The summed E-state index contributed by atoms with van der Waals surface area (Å²) < 4.78 is 7.16. The molecule has 0 unspecified atom stereocenters. The van der Waals surface area contributed by atoms with Crippen molar-refractivity contribution in [2.75, 3.05) is 12.3 Å². The number of nitrogen functional groups attached to an aromatic ring is 1. The second-order valence-electron chi connectivity index (χ2n) is 4.44. The van der Waals surface area contributed by atoms with Crippen LogP contribution in [0.15, 0.2) is 4.79 Å². The maximum absolute atomic E-state index is 11.7. The summed E-state index contributed by atoms with van der Waals surface area (Å²) in [6.45, 7) is -0.0564. The zero-order chi connectivity index (χ0) is 13.6. The van der Waals surface area contributed by atoms with Gasteiger partial charge in [-0.1, -0.05) is 0 Å². The third-order valence-electron chi connectivity index (χ3n) is 3.17. The van der Waals surface area contributed by atoms with Crippen molar-refractivity contribution in [3.63, 3.8) is 0 Å². The first-order valence-corrected chi connectivity index (χ1v) is 5.89. The summed E-state index contributed by atoms with van der Waals surface area (Å²) in [4.78, 5) is 22.1. The van der Waals surface area contributed by atoms with Crippen molar-refractivity contribution in [3.05, 3.63) is 10.4 Å². The number of anilines is 1. The van der Waals surface area contributed by atoms with E-state index in [2.05, 4.69) is 15.0 Å². The first-order chi connectivity index (χ1) is 9.10. The van der Waals surface area contributed by atoms with Crippen molar-refractivity contribution in [2.45, 2.75) is 25.2 Å². The smallest absolute Gasteiger partial charge is 0.280 e. The molecule has 3 rings (SSSR count). The number of nitrogens with one attached hydrogen (secondary N) is 1. The lowest BCUT2D eigenvalue weighted by Crippen LogP contribution is -2.25. The fraction of sp³-hybridized carbons (Fsp3) is 0.500. The summed E-state index contributed by atoms with van der Waals surface area (Å²) in [6, 6.07) is 0. The van der Waals surface area contributed by atoms with Crippen LogP contribution in [-0.4, -0.2) is 45.2 Å². The molecule has 1 saturated heterocycles. The summed E-state index contributed by atoms with van der Waals surface area (Å²) in [5.41, 5.74) is 5.65. The van der Waals surface area contributed by atoms with Gasteiger partial charge in [-0.15, -0.1) is 0 Å². The summed E-state index contributed by atoms with van der Waals surface area (Å²) in [5, 5.41) is 9.08. The van der Waals surface area contributed by atoms with E-state index in [1.54, 1.807) is 0 Å². The SMILES string of the molecule is [B]c1nc2c(=O)[nH]c(N)nc2n1[C@H]1CC[C@@H](CO)O1. The fourth-order valence-corrected chi connectivity index (χ4v) is 2.31. The molecule has 8 nitrogen and oxygen atoms in total. The Morgan fingerprint density at radius 2 is 2.32 bits per heavy atom. The number of nitrogens with zero attached hydrogens (tertiary/aromatic N) is 3. The molecule has 1 aliphatic rings. The molecule has 19 heavy (non-hydrogen) atoms. The Morgan fingerprint density at radius 1 is 1.53 bits per heavy atom. The van der Waals surface area contributed by atoms with E-state index in [4.69, 9.17) is 23.4 Å². The monoisotopic (exact) mass is 261 g/mol. The standard InChI is InChI=1S/C10H12BN5O3/c11-9-13-6-7(14-10(12)15-8(6)18)16(9)5-2-1-4(3-17)19-5/h4-5,17H,1-3H2,(H3,12,14,15,18)/t4-,5+/m0/s1. The van der Waals surface area contributed by atoms with E-state index in [0.717, 1.165) is 0 Å². The van der Waals surface area contributed by atoms with Gasteiger partial charge in [0.1, 0.15) is 6.23 Å². The van der Waals surface area contributed by atoms with E-state index in [9.17, 15) is 4.79 Å². The van der Waals surface area contributed by atoms with E-state index < -0.39 is 11.8 Å². The number of aliphatic hydroxyl groups is 1. The average molecular weight is 261 g/mol. The van der Waals surface area contributed by atoms with Gasteiger partial charge in [-0.25, -0.2) is 4.98 Å². The molecular formula is C10H12BN5O3.